The Morgan fingerprint density at radius 2 is 2.10 bits per heavy atom. The molecule has 0 aliphatic carbocycles. The van der Waals surface area contributed by atoms with E-state index in [1.807, 2.05) is 26.0 Å². The second-order valence-corrected chi connectivity index (χ2v) is 5.75. The van der Waals surface area contributed by atoms with Gasteiger partial charge < -0.3 is 10.1 Å². The van der Waals surface area contributed by atoms with E-state index in [9.17, 15) is 10.1 Å². The number of hydrogen-bond acceptors (Lipinski definition) is 5. The molecule has 0 radical (unpaired) electrons. The van der Waals surface area contributed by atoms with Crippen LogP contribution in [0.5, 0.6) is 5.75 Å². The molecule has 1 atom stereocenters. The lowest BCUT2D eigenvalue weighted by Crippen LogP contribution is -2.07. The first-order chi connectivity index (χ1) is 9.52. The number of benzene rings is 1. The number of nitrogens with one attached hydrogen (secondary N) is 1. The molecule has 2 aromatic rings. The maximum absolute atomic E-state index is 11.2. The van der Waals surface area contributed by atoms with Gasteiger partial charge >= 0.3 is 5.69 Å². The average Bonchev–Trinajstić information content (AvgIpc) is 2.84. The zero-order chi connectivity index (χ0) is 14.7. The third-order valence-electron chi connectivity index (χ3n) is 2.96. The Morgan fingerprint density at radius 1 is 1.35 bits per heavy atom. The molecular formula is C14H16N2O3S. The monoisotopic (exact) mass is 292 g/mol. The molecule has 0 saturated heterocycles. The van der Waals surface area contributed by atoms with Crippen LogP contribution >= 0.6 is 11.3 Å². The molecule has 0 aliphatic heterocycles. The molecule has 1 aromatic carbocycles. The number of thiophene rings is 1. The predicted molar refractivity (Wildman–Crippen MR) is 80.7 cm³/mol. The molecule has 0 fully saturated rings. The number of rotatable bonds is 5. The molecule has 106 valence electrons. The van der Waals surface area contributed by atoms with Crippen molar-refractivity contribution in [2.24, 2.45) is 0 Å². The van der Waals surface area contributed by atoms with Crippen molar-refractivity contribution in [3.63, 3.8) is 0 Å². The summed E-state index contributed by atoms with van der Waals surface area (Å²) < 4.78 is 5.06. The van der Waals surface area contributed by atoms with E-state index in [1.54, 1.807) is 29.5 Å². The first-order valence-corrected chi connectivity index (χ1v) is 6.99. The number of nitrogens with zero attached hydrogens (tertiary/aromatic N) is 1. The number of para-hydroxylation sites is 1. The summed E-state index contributed by atoms with van der Waals surface area (Å²) in [5.74, 6) is 0.259. The van der Waals surface area contributed by atoms with E-state index in [2.05, 4.69) is 5.32 Å². The number of ether oxygens (including phenoxy) is 1. The maximum Gasteiger partial charge on any atom is 0.333 e. The fourth-order valence-electron chi connectivity index (χ4n) is 1.98. The van der Waals surface area contributed by atoms with Crippen LogP contribution in [-0.4, -0.2) is 12.0 Å². The van der Waals surface area contributed by atoms with Crippen molar-refractivity contribution >= 4 is 22.7 Å². The number of aryl methyl sites for hydroxylation is 1. The fourth-order valence-corrected chi connectivity index (χ4v) is 2.86. The van der Waals surface area contributed by atoms with E-state index in [0.29, 0.717) is 5.69 Å². The molecule has 0 bridgehead atoms. The number of hydrogen-bond donors (Lipinski definition) is 1. The summed E-state index contributed by atoms with van der Waals surface area (Å²) >= 11 is 1.68. The zero-order valence-corrected chi connectivity index (χ0v) is 12.4. The van der Waals surface area contributed by atoms with Crippen LogP contribution in [0.2, 0.25) is 0 Å². The molecule has 6 heteroatoms. The minimum Gasteiger partial charge on any atom is -0.490 e. The Kier molecular flexibility index (Phi) is 4.24. The van der Waals surface area contributed by atoms with E-state index in [-0.39, 0.29) is 17.5 Å². The first kappa shape index (κ1) is 14.3. The quantitative estimate of drug-likeness (QED) is 0.664. The Hall–Kier alpha value is -2.08. The van der Waals surface area contributed by atoms with Crippen molar-refractivity contribution in [3.05, 3.63) is 50.2 Å². The lowest BCUT2D eigenvalue weighted by atomic mass is 10.2. The molecule has 0 amide bonds. The first-order valence-electron chi connectivity index (χ1n) is 6.17. The maximum atomic E-state index is 11.2. The average molecular weight is 292 g/mol. The van der Waals surface area contributed by atoms with Crippen molar-refractivity contribution < 1.29 is 9.66 Å². The number of nitro benzene ring substituents is 1. The molecule has 1 N–H and O–H groups in total. The van der Waals surface area contributed by atoms with Gasteiger partial charge in [-0.15, -0.1) is 11.3 Å². The van der Waals surface area contributed by atoms with Crippen LogP contribution < -0.4 is 10.1 Å². The van der Waals surface area contributed by atoms with Crippen LogP contribution in [0, 0.1) is 17.0 Å². The summed E-state index contributed by atoms with van der Waals surface area (Å²) in [5, 5.41) is 14.4. The molecule has 5 nitrogen and oxygen atoms in total. The van der Waals surface area contributed by atoms with Crippen molar-refractivity contribution in [3.8, 4) is 5.75 Å². The summed E-state index contributed by atoms with van der Waals surface area (Å²) in [6.07, 6.45) is 0. The summed E-state index contributed by atoms with van der Waals surface area (Å²) in [7, 11) is 1.43. The van der Waals surface area contributed by atoms with Crippen molar-refractivity contribution in [1.29, 1.82) is 0 Å². The van der Waals surface area contributed by atoms with E-state index >= 15 is 0 Å². The third-order valence-corrected chi connectivity index (χ3v) is 4.14. The van der Waals surface area contributed by atoms with Gasteiger partial charge in [0.05, 0.1) is 18.1 Å². The molecule has 1 aromatic heterocycles. The Morgan fingerprint density at radius 3 is 2.65 bits per heavy atom. The minimum atomic E-state index is -0.423. The molecule has 20 heavy (non-hydrogen) atoms. The van der Waals surface area contributed by atoms with Gasteiger partial charge in [0.1, 0.15) is 5.69 Å². The van der Waals surface area contributed by atoms with Crippen molar-refractivity contribution in [2.75, 3.05) is 12.4 Å². The van der Waals surface area contributed by atoms with E-state index in [0.717, 1.165) is 4.88 Å². The van der Waals surface area contributed by atoms with Gasteiger partial charge in [-0.05, 0) is 38.1 Å². The number of methoxy groups -OCH3 is 1. The highest BCUT2D eigenvalue weighted by atomic mass is 32.1. The van der Waals surface area contributed by atoms with Gasteiger partial charge in [-0.3, -0.25) is 10.1 Å². The van der Waals surface area contributed by atoms with Gasteiger partial charge in [0, 0.05) is 9.75 Å². The lowest BCUT2D eigenvalue weighted by molar-refractivity contribution is -0.384. The summed E-state index contributed by atoms with van der Waals surface area (Å²) in [6, 6.07) is 9.09. The highest BCUT2D eigenvalue weighted by molar-refractivity contribution is 7.12. The topological polar surface area (TPSA) is 64.4 Å². The Labute approximate surface area is 121 Å². The smallest absolute Gasteiger partial charge is 0.333 e. The lowest BCUT2D eigenvalue weighted by Gasteiger charge is -2.14. The van der Waals surface area contributed by atoms with Gasteiger partial charge in [-0.2, -0.15) is 0 Å². The molecule has 1 heterocycles. The zero-order valence-electron chi connectivity index (χ0n) is 11.5. The number of nitro groups is 1. The summed E-state index contributed by atoms with van der Waals surface area (Å²) in [5.41, 5.74) is 0.433. The van der Waals surface area contributed by atoms with Crippen LogP contribution in [0.15, 0.2) is 30.3 Å². The molecule has 1 unspecified atom stereocenters. The molecular weight excluding hydrogens is 276 g/mol. The van der Waals surface area contributed by atoms with E-state index in [1.165, 1.54) is 12.0 Å². The van der Waals surface area contributed by atoms with Crippen LogP contribution in [0.25, 0.3) is 0 Å². The van der Waals surface area contributed by atoms with E-state index in [4.69, 9.17) is 4.74 Å². The Bertz CT molecular complexity index is 625. The van der Waals surface area contributed by atoms with Gasteiger partial charge in [0.2, 0.25) is 0 Å². The second kappa shape index (κ2) is 5.92. The van der Waals surface area contributed by atoms with Gasteiger partial charge in [0.25, 0.3) is 0 Å². The van der Waals surface area contributed by atoms with Crippen LogP contribution in [0.1, 0.15) is 22.7 Å². The molecule has 0 aliphatic rings. The minimum absolute atomic E-state index is 0.000457. The summed E-state index contributed by atoms with van der Waals surface area (Å²) in [4.78, 5) is 13.1. The molecule has 0 saturated carbocycles. The van der Waals surface area contributed by atoms with Crippen LogP contribution in [0.4, 0.5) is 11.4 Å². The molecule has 0 spiro atoms. The standard InChI is InChI=1S/C14H16N2O3S/c1-9-7-8-13(20-9)10(2)15-11-5-4-6-12(19-3)14(11)16(17)18/h4-8,10,15H,1-3H3. The Balaban J connectivity index is 2.31. The SMILES string of the molecule is COc1cccc(NC(C)c2ccc(C)s2)c1[N+](=O)[O-]. The van der Waals surface area contributed by atoms with Gasteiger partial charge in [0.15, 0.2) is 5.75 Å². The third kappa shape index (κ3) is 2.91. The van der Waals surface area contributed by atoms with Crippen LogP contribution in [0.3, 0.4) is 0 Å². The predicted octanol–water partition coefficient (Wildman–Crippen LogP) is 4.15. The van der Waals surface area contributed by atoms with Gasteiger partial charge in [-0.25, -0.2) is 0 Å². The normalized spacial score (nSPS) is 11.9. The largest absolute Gasteiger partial charge is 0.490 e. The van der Waals surface area contributed by atoms with Crippen molar-refractivity contribution in [2.45, 2.75) is 19.9 Å². The van der Waals surface area contributed by atoms with E-state index < -0.39 is 4.92 Å². The highest BCUT2D eigenvalue weighted by Gasteiger charge is 2.22. The van der Waals surface area contributed by atoms with Crippen molar-refractivity contribution in [1.82, 2.24) is 0 Å². The van der Waals surface area contributed by atoms with Crippen LogP contribution in [-0.2, 0) is 0 Å². The molecule has 2 rings (SSSR count). The second-order valence-electron chi connectivity index (χ2n) is 4.43. The number of anilines is 1. The summed E-state index contributed by atoms with van der Waals surface area (Å²) in [6.45, 7) is 4.02. The van der Waals surface area contributed by atoms with Gasteiger partial charge in [-0.1, -0.05) is 6.07 Å². The fraction of sp³-hybridized carbons (Fsp3) is 0.286. The highest BCUT2D eigenvalue weighted by Crippen LogP contribution is 2.37.